The Hall–Kier alpha value is -2.84. The average Bonchev–Trinajstić information content (AvgIpc) is 3.26. The zero-order valence-electron chi connectivity index (χ0n) is 16.9. The molecule has 0 aliphatic rings. The van der Waals surface area contributed by atoms with Gasteiger partial charge in [0.2, 0.25) is 0 Å². The summed E-state index contributed by atoms with van der Waals surface area (Å²) in [7, 11) is 3.24. The molecule has 0 spiro atoms. The van der Waals surface area contributed by atoms with Crippen molar-refractivity contribution in [2.24, 2.45) is 0 Å². The Morgan fingerprint density at radius 1 is 1.07 bits per heavy atom. The molecule has 0 fully saturated rings. The highest BCUT2D eigenvalue weighted by Gasteiger charge is 2.13. The van der Waals surface area contributed by atoms with Gasteiger partial charge in [-0.05, 0) is 37.3 Å². The van der Waals surface area contributed by atoms with Crippen molar-refractivity contribution in [3.63, 3.8) is 0 Å². The van der Waals surface area contributed by atoms with Crippen LogP contribution in [0, 0.1) is 0 Å². The Balaban J connectivity index is 1.58. The largest absolute Gasteiger partial charge is 0.493 e. The van der Waals surface area contributed by atoms with E-state index in [2.05, 4.69) is 0 Å². The van der Waals surface area contributed by atoms with Gasteiger partial charge < -0.3 is 9.47 Å². The number of nitrogens with zero attached hydrogens (tertiary/aromatic N) is 3. The molecule has 0 unspecified atom stereocenters. The molecular formula is C22H21N3O3S2. The minimum Gasteiger partial charge on any atom is -0.493 e. The minimum atomic E-state index is -0.00473. The van der Waals surface area contributed by atoms with Crippen molar-refractivity contribution in [2.75, 3.05) is 14.2 Å². The van der Waals surface area contributed by atoms with E-state index in [-0.39, 0.29) is 5.56 Å². The normalized spacial score (nSPS) is 11.0. The van der Waals surface area contributed by atoms with Gasteiger partial charge in [-0.3, -0.25) is 9.36 Å². The average molecular weight is 440 g/mol. The SMILES string of the molecule is CCn1c(SCc2csc(-c3ccc(OC)c(OC)c3)n2)nc2ccccc2c1=O. The van der Waals surface area contributed by atoms with Gasteiger partial charge in [0.1, 0.15) is 5.01 Å². The minimum absolute atomic E-state index is 0.00473. The highest BCUT2D eigenvalue weighted by molar-refractivity contribution is 7.98. The van der Waals surface area contributed by atoms with Crippen LogP contribution in [0.4, 0.5) is 0 Å². The molecule has 0 aliphatic carbocycles. The molecule has 30 heavy (non-hydrogen) atoms. The van der Waals surface area contributed by atoms with E-state index in [9.17, 15) is 4.79 Å². The number of hydrogen-bond donors (Lipinski definition) is 0. The molecule has 0 saturated heterocycles. The molecule has 0 saturated carbocycles. The lowest BCUT2D eigenvalue weighted by molar-refractivity contribution is 0.355. The van der Waals surface area contributed by atoms with E-state index in [1.54, 1.807) is 30.1 Å². The van der Waals surface area contributed by atoms with Crippen LogP contribution in [0.25, 0.3) is 21.5 Å². The molecule has 154 valence electrons. The van der Waals surface area contributed by atoms with Gasteiger partial charge in [0.05, 0.1) is 30.8 Å². The number of thiazole rings is 1. The Kier molecular flexibility index (Phi) is 6.06. The maximum Gasteiger partial charge on any atom is 0.262 e. The second-order valence-electron chi connectivity index (χ2n) is 6.46. The Labute approximate surface area is 182 Å². The molecular weight excluding hydrogens is 418 g/mol. The van der Waals surface area contributed by atoms with Crippen LogP contribution in [0.2, 0.25) is 0 Å². The summed E-state index contributed by atoms with van der Waals surface area (Å²) >= 11 is 3.10. The molecule has 0 radical (unpaired) electrons. The summed E-state index contributed by atoms with van der Waals surface area (Å²) in [6.07, 6.45) is 0. The quantitative estimate of drug-likeness (QED) is 0.303. The fourth-order valence-corrected chi connectivity index (χ4v) is 5.03. The highest BCUT2D eigenvalue weighted by atomic mass is 32.2. The number of fused-ring (bicyclic) bond motifs is 1. The summed E-state index contributed by atoms with van der Waals surface area (Å²) in [5.41, 5.74) is 2.64. The van der Waals surface area contributed by atoms with Crippen LogP contribution in [-0.4, -0.2) is 28.8 Å². The van der Waals surface area contributed by atoms with Crippen molar-refractivity contribution in [3.8, 4) is 22.1 Å². The molecule has 0 atom stereocenters. The highest BCUT2D eigenvalue weighted by Crippen LogP contribution is 2.34. The Bertz CT molecular complexity index is 1250. The first kappa shape index (κ1) is 20.4. The number of methoxy groups -OCH3 is 2. The summed E-state index contributed by atoms with van der Waals surface area (Å²) in [5, 5.41) is 4.30. The van der Waals surface area contributed by atoms with E-state index < -0.39 is 0 Å². The summed E-state index contributed by atoms with van der Waals surface area (Å²) in [4.78, 5) is 22.2. The standard InChI is InChI=1S/C22H21N3O3S2/c1-4-25-21(26)16-7-5-6-8-17(16)24-22(25)30-13-15-12-29-20(23-15)14-9-10-18(27-2)19(11-14)28-3/h5-12H,4,13H2,1-3H3. The van der Waals surface area contributed by atoms with Gasteiger partial charge in [-0.25, -0.2) is 9.97 Å². The summed E-state index contributed by atoms with van der Waals surface area (Å²) < 4.78 is 12.4. The van der Waals surface area contributed by atoms with E-state index in [0.29, 0.717) is 34.3 Å². The van der Waals surface area contributed by atoms with Gasteiger partial charge in [0.25, 0.3) is 5.56 Å². The lowest BCUT2D eigenvalue weighted by Gasteiger charge is -2.10. The molecule has 2 aromatic heterocycles. The third kappa shape index (κ3) is 3.93. The van der Waals surface area contributed by atoms with E-state index in [1.165, 1.54) is 11.8 Å². The fourth-order valence-electron chi connectivity index (χ4n) is 3.15. The second-order valence-corrected chi connectivity index (χ2v) is 8.26. The molecule has 2 aromatic carbocycles. The second kappa shape index (κ2) is 8.89. The van der Waals surface area contributed by atoms with Crippen molar-refractivity contribution in [1.29, 1.82) is 0 Å². The van der Waals surface area contributed by atoms with Gasteiger partial charge in [-0.15, -0.1) is 11.3 Å². The number of benzene rings is 2. The maximum absolute atomic E-state index is 12.8. The first-order chi connectivity index (χ1) is 14.6. The maximum atomic E-state index is 12.8. The molecule has 4 rings (SSSR count). The van der Waals surface area contributed by atoms with Crippen molar-refractivity contribution in [1.82, 2.24) is 14.5 Å². The van der Waals surface area contributed by atoms with Crippen LogP contribution in [0.1, 0.15) is 12.6 Å². The summed E-state index contributed by atoms with van der Waals surface area (Å²) in [6.45, 7) is 2.53. The van der Waals surface area contributed by atoms with E-state index in [4.69, 9.17) is 19.4 Å². The monoisotopic (exact) mass is 439 g/mol. The fraction of sp³-hybridized carbons (Fsp3) is 0.227. The van der Waals surface area contributed by atoms with Gasteiger partial charge in [-0.1, -0.05) is 23.9 Å². The van der Waals surface area contributed by atoms with Crippen molar-refractivity contribution in [3.05, 3.63) is 63.9 Å². The number of ether oxygens (including phenoxy) is 2. The number of hydrogen-bond acceptors (Lipinski definition) is 7. The number of thioether (sulfide) groups is 1. The molecule has 2 heterocycles. The molecule has 6 nitrogen and oxygen atoms in total. The van der Waals surface area contributed by atoms with Crippen LogP contribution in [-0.2, 0) is 12.3 Å². The number of aromatic nitrogens is 3. The van der Waals surface area contributed by atoms with Gasteiger partial charge >= 0.3 is 0 Å². The molecule has 0 N–H and O–H groups in total. The lowest BCUT2D eigenvalue weighted by Crippen LogP contribution is -2.22. The first-order valence-electron chi connectivity index (χ1n) is 9.43. The lowest BCUT2D eigenvalue weighted by atomic mass is 10.2. The molecule has 0 bridgehead atoms. The van der Waals surface area contributed by atoms with Crippen LogP contribution in [0.15, 0.2) is 57.8 Å². The van der Waals surface area contributed by atoms with Crippen LogP contribution < -0.4 is 15.0 Å². The van der Waals surface area contributed by atoms with Crippen LogP contribution >= 0.6 is 23.1 Å². The zero-order valence-corrected chi connectivity index (χ0v) is 18.5. The summed E-state index contributed by atoms with van der Waals surface area (Å²) in [6, 6.07) is 13.2. The smallest absolute Gasteiger partial charge is 0.262 e. The van der Waals surface area contributed by atoms with Crippen LogP contribution in [0.3, 0.4) is 0 Å². The van der Waals surface area contributed by atoms with E-state index in [1.807, 2.05) is 54.8 Å². The molecule has 8 heteroatoms. The van der Waals surface area contributed by atoms with Gasteiger partial charge in [-0.2, -0.15) is 0 Å². The third-order valence-electron chi connectivity index (χ3n) is 4.67. The molecule has 4 aromatic rings. The predicted molar refractivity (Wildman–Crippen MR) is 122 cm³/mol. The van der Waals surface area contributed by atoms with E-state index >= 15 is 0 Å². The molecule has 0 amide bonds. The van der Waals surface area contributed by atoms with E-state index in [0.717, 1.165) is 21.8 Å². The predicted octanol–water partition coefficient (Wildman–Crippen LogP) is 4.85. The van der Waals surface area contributed by atoms with Crippen LogP contribution in [0.5, 0.6) is 11.5 Å². The topological polar surface area (TPSA) is 66.2 Å². The Morgan fingerprint density at radius 2 is 1.87 bits per heavy atom. The zero-order chi connectivity index (χ0) is 21.1. The van der Waals surface area contributed by atoms with Gasteiger partial charge in [0, 0.05) is 23.2 Å². The van der Waals surface area contributed by atoms with Crippen molar-refractivity contribution in [2.45, 2.75) is 24.4 Å². The van der Waals surface area contributed by atoms with Crippen molar-refractivity contribution < 1.29 is 9.47 Å². The molecule has 0 aliphatic heterocycles. The Morgan fingerprint density at radius 3 is 2.63 bits per heavy atom. The first-order valence-corrected chi connectivity index (χ1v) is 11.3. The van der Waals surface area contributed by atoms with Crippen molar-refractivity contribution >= 4 is 34.0 Å². The van der Waals surface area contributed by atoms with Gasteiger partial charge in [0.15, 0.2) is 16.7 Å². The number of para-hydroxylation sites is 1. The summed E-state index contributed by atoms with van der Waals surface area (Å²) in [5.74, 6) is 2.00. The number of rotatable bonds is 7. The third-order valence-corrected chi connectivity index (χ3v) is 6.62.